The van der Waals surface area contributed by atoms with E-state index in [1.54, 1.807) is 0 Å². The van der Waals surface area contributed by atoms with Crippen LogP contribution in [0.4, 0.5) is 0 Å². The number of halogens is 2. The predicted octanol–water partition coefficient (Wildman–Crippen LogP) is 2.89. The molecular weight excluding hydrogens is 373 g/mol. The highest BCUT2D eigenvalue weighted by molar-refractivity contribution is 5.85. The van der Waals surface area contributed by atoms with Gasteiger partial charge in [-0.15, -0.1) is 24.8 Å². The standard InChI is InChI=1S/C19H35N3O2.2ClH/c1-24-16-7-11-22(12-8-16)19(9-2-3-10-19)14-21-18(23)13-15-5-4-6-17(15)20;;/h15-17H,2-14,20H2,1H3,(H,21,23);2*1H/t15-,17+;;/m0../s1. The van der Waals surface area contributed by atoms with Crippen molar-refractivity contribution in [1.29, 1.82) is 0 Å². The first kappa shape index (κ1) is 24.0. The van der Waals surface area contributed by atoms with Gasteiger partial charge in [0.2, 0.25) is 5.91 Å². The summed E-state index contributed by atoms with van der Waals surface area (Å²) in [5, 5.41) is 3.27. The SMILES string of the molecule is COC1CCN(C2(CNC(=O)C[C@@H]3CCC[C@H]3N)CCCC2)CC1.Cl.Cl. The predicted molar refractivity (Wildman–Crippen MR) is 110 cm³/mol. The summed E-state index contributed by atoms with van der Waals surface area (Å²) in [5.41, 5.74) is 6.30. The number of carbonyl (C=O) groups is 1. The molecule has 0 bridgehead atoms. The van der Waals surface area contributed by atoms with Crippen LogP contribution in [-0.4, -0.2) is 55.2 Å². The Labute approximate surface area is 171 Å². The quantitative estimate of drug-likeness (QED) is 0.707. The summed E-state index contributed by atoms with van der Waals surface area (Å²) in [6, 6.07) is 0.226. The van der Waals surface area contributed by atoms with E-state index in [4.69, 9.17) is 10.5 Å². The van der Waals surface area contributed by atoms with E-state index < -0.39 is 0 Å². The Morgan fingerprint density at radius 1 is 1.12 bits per heavy atom. The molecule has 26 heavy (non-hydrogen) atoms. The zero-order valence-corrected chi connectivity index (χ0v) is 17.7. The minimum absolute atomic E-state index is 0. The average molecular weight is 410 g/mol. The van der Waals surface area contributed by atoms with Gasteiger partial charge in [0.05, 0.1) is 6.10 Å². The molecule has 5 nitrogen and oxygen atoms in total. The summed E-state index contributed by atoms with van der Waals surface area (Å²) in [5.74, 6) is 0.595. The van der Waals surface area contributed by atoms with Crippen LogP contribution in [0, 0.1) is 5.92 Å². The lowest BCUT2D eigenvalue weighted by atomic mass is 9.91. The second-order valence-corrected chi connectivity index (χ2v) is 8.19. The molecule has 1 aliphatic heterocycles. The molecule has 3 aliphatic rings. The molecular formula is C19H37Cl2N3O2. The molecule has 7 heteroatoms. The smallest absolute Gasteiger partial charge is 0.220 e. The van der Waals surface area contributed by atoms with Gasteiger partial charge < -0.3 is 15.8 Å². The Morgan fingerprint density at radius 3 is 2.31 bits per heavy atom. The third kappa shape index (κ3) is 5.71. The van der Waals surface area contributed by atoms with Crippen molar-refractivity contribution in [1.82, 2.24) is 10.2 Å². The van der Waals surface area contributed by atoms with Crippen molar-refractivity contribution in [3.05, 3.63) is 0 Å². The number of hydrogen-bond donors (Lipinski definition) is 2. The number of rotatable bonds is 6. The monoisotopic (exact) mass is 409 g/mol. The summed E-state index contributed by atoms with van der Waals surface area (Å²) < 4.78 is 5.51. The fourth-order valence-corrected chi connectivity index (χ4v) is 5.10. The second-order valence-electron chi connectivity index (χ2n) is 8.19. The molecule has 3 rings (SSSR count). The van der Waals surface area contributed by atoms with E-state index in [1.807, 2.05) is 7.11 Å². The van der Waals surface area contributed by atoms with Crippen LogP contribution in [0.1, 0.15) is 64.2 Å². The van der Waals surface area contributed by atoms with Crippen molar-refractivity contribution in [2.45, 2.75) is 81.9 Å². The highest BCUT2D eigenvalue weighted by Gasteiger charge is 2.41. The topological polar surface area (TPSA) is 67.6 Å². The third-order valence-corrected chi connectivity index (χ3v) is 6.76. The number of piperidine rings is 1. The molecule has 3 N–H and O–H groups in total. The molecule has 0 aromatic heterocycles. The minimum Gasteiger partial charge on any atom is -0.381 e. The number of methoxy groups -OCH3 is 1. The van der Waals surface area contributed by atoms with E-state index in [0.717, 1.165) is 45.3 Å². The number of nitrogens with zero attached hydrogens (tertiary/aromatic N) is 1. The summed E-state index contributed by atoms with van der Waals surface area (Å²) in [6.45, 7) is 3.01. The maximum Gasteiger partial charge on any atom is 0.220 e. The maximum absolute atomic E-state index is 12.4. The number of amides is 1. The van der Waals surface area contributed by atoms with Crippen LogP contribution in [0.2, 0.25) is 0 Å². The van der Waals surface area contributed by atoms with Gasteiger partial charge >= 0.3 is 0 Å². The highest BCUT2D eigenvalue weighted by atomic mass is 35.5. The summed E-state index contributed by atoms with van der Waals surface area (Å²) >= 11 is 0. The van der Waals surface area contributed by atoms with Crippen molar-refractivity contribution in [3.63, 3.8) is 0 Å². The van der Waals surface area contributed by atoms with Crippen molar-refractivity contribution in [2.24, 2.45) is 11.7 Å². The molecule has 0 spiro atoms. The van der Waals surface area contributed by atoms with Gasteiger partial charge in [0.15, 0.2) is 0 Å². The molecule has 1 heterocycles. The van der Waals surface area contributed by atoms with Crippen LogP contribution < -0.4 is 11.1 Å². The lowest BCUT2D eigenvalue weighted by Crippen LogP contribution is -2.57. The van der Waals surface area contributed by atoms with Gasteiger partial charge in [0.25, 0.3) is 0 Å². The Morgan fingerprint density at radius 2 is 1.77 bits per heavy atom. The normalized spacial score (nSPS) is 29.0. The fourth-order valence-electron chi connectivity index (χ4n) is 5.10. The van der Waals surface area contributed by atoms with Gasteiger partial charge in [-0.1, -0.05) is 19.3 Å². The lowest BCUT2D eigenvalue weighted by Gasteiger charge is -2.45. The molecule has 2 saturated carbocycles. The second kappa shape index (κ2) is 11.1. The third-order valence-electron chi connectivity index (χ3n) is 6.76. The first-order chi connectivity index (χ1) is 11.6. The molecule has 0 aromatic rings. The van der Waals surface area contributed by atoms with Crippen LogP contribution in [0.3, 0.4) is 0 Å². The largest absolute Gasteiger partial charge is 0.381 e. The van der Waals surface area contributed by atoms with E-state index >= 15 is 0 Å². The first-order valence-electron chi connectivity index (χ1n) is 9.93. The van der Waals surface area contributed by atoms with Crippen LogP contribution in [0.15, 0.2) is 0 Å². The van der Waals surface area contributed by atoms with Gasteiger partial charge in [-0.05, 0) is 44.4 Å². The van der Waals surface area contributed by atoms with Crippen molar-refractivity contribution >= 4 is 30.7 Å². The molecule has 0 radical (unpaired) electrons. The number of likely N-dealkylation sites (tertiary alicyclic amines) is 1. The lowest BCUT2D eigenvalue weighted by molar-refractivity contribution is -0.123. The molecule has 0 unspecified atom stereocenters. The number of hydrogen-bond acceptors (Lipinski definition) is 4. The molecule has 1 amide bonds. The number of carbonyl (C=O) groups excluding carboxylic acids is 1. The van der Waals surface area contributed by atoms with Gasteiger partial charge in [-0.25, -0.2) is 0 Å². The van der Waals surface area contributed by atoms with E-state index in [-0.39, 0.29) is 42.3 Å². The Kier molecular flexibility index (Phi) is 10.2. The van der Waals surface area contributed by atoms with E-state index in [0.29, 0.717) is 18.4 Å². The Hall–Kier alpha value is -0.0700. The van der Waals surface area contributed by atoms with Crippen LogP contribution in [-0.2, 0) is 9.53 Å². The van der Waals surface area contributed by atoms with E-state index in [9.17, 15) is 4.79 Å². The molecule has 2 aliphatic carbocycles. The summed E-state index contributed by atoms with van der Waals surface area (Å²) in [4.78, 5) is 15.1. The van der Waals surface area contributed by atoms with E-state index in [2.05, 4.69) is 10.2 Å². The minimum atomic E-state index is 0. The number of nitrogens with two attached hydrogens (primary N) is 1. The molecule has 154 valence electrons. The average Bonchev–Trinajstić information content (AvgIpc) is 3.24. The number of nitrogens with one attached hydrogen (secondary N) is 1. The van der Waals surface area contributed by atoms with Crippen molar-refractivity contribution in [2.75, 3.05) is 26.7 Å². The molecule has 2 atom stereocenters. The molecule has 3 fully saturated rings. The van der Waals surface area contributed by atoms with Crippen LogP contribution in [0.25, 0.3) is 0 Å². The highest BCUT2D eigenvalue weighted by Crippen LogP contribution is 2.37. The van der Waals surface area contributed by atoms with Crippen molar-refractivity contribution in [3.8, 4) is 0 Å². The van der Waals surface area contributed by atoms with Gasteiger partial charge in [-0.2, -0.15) is 0 Å². The summed E-state index contributed by atoms with van der Waals surface area (Å²) in [6.07, 6.45) is 11.6. The number of ether oxygens (including phenoxy) is 1. The molecule has 0 aromatic carbocycles. The maximum atomic E-state index is 12.4. The van der Waals surface area contributed by atoms with Crippen molar-refractivity contribution < 1.29 is 9.53 Å². The fraction of sp³-hybridized carbons (Fsp3) is 0.947. The zero-order valence-electron chi connectivity index (χ0n) is 16.1. The Balaban J connectivity index is 0.00000169. The van der Waals surface area contributed by atoms with Crippen LogP contribution >= 0.6 is 24.8 Å². The summed E-state index contributed by atoms with van der Waals surface area (Å²) in [7, 11) is 1.82. The van der Waals surface area contributed by atoms with Gasteiger partial charge in [-0.3, -0.25) is 9.69 Å². The van der Waals surface area contributed by atoms with E-state index in [1.165, 1.54) is 32.1 Å². The molecule has 1 saturated heterocycles. The first-order valence-corrected chi connectivity index (χ1v) is 9.93. The van der Waals surface area contributed by atoms with Crippen LogP contribution in [0.5, 0.6) is 0 Å². The van der Waals surface area contributed by atoms with Gasteiger partial charge in [0.1, 0.15) is 0 Å². The van der Waals surface area contributed by atoms with Gasteiger partial charge in [0, 0.05) is 44.7 Å². The Bertz CT molecular complexity index is 425. The zero-order chi connectivity index (χ0) is 17.0.